The zero-order chi connectivity index (χ0) is 41.9. The van der Waals surface area contributed by atoms with Crippen molar-refractivity contribution in [1.29, 1.82) is 0 Å². The van der Waals surface area contributed by atoms with Gasteiger partial charge >= 0.3 is 0 Å². The molecule has 1 aliphatic rings. The van der Waals surface area contributed by atoms with Gasteiger partial charge in [0.15, 0.2) is 5.78 Å². The summed E-state index contributed by atoms with van der Waals surface area (Å²) in [7, 11) is 0. The Hall–Kier alpha value is -3.27. The minimum atomic E-state index is -0.442. The van der Waals surface area contributed by atoms with Crippen LogP contribution in [0, 0.1) is 40.6 Å². The van der Waals surface area contributed by atoms with Gasteiger partial charge in [0, 0.05) is 59.7 Å². The number of ketones is 1. The van der Waals surface area contributed by atoms with Crippen LogP contribution in [0.1, 0.15) is 147 Å². The molecule has 1 radical (unpaired) electrons. The SMILES string of the molecule is CC(C)(C)c1cc(-c2nccc3c2oc2cc4c(cc23)C(C)(C)CCC4(C)C)[c-]c2ccccc12.CC(C)C(C)(C(=O)/C=C(\O)C(C)(C(C)C)C(C)C)C(C)C.[Ir]. The number of aromatic nitrogens is 1. The number of hydrogen-bond donors (Lipinski definition) is 1. The van der Waals surface area contributed by atoms with Gasteiger partial charge in [-0.3, -0.25) is 9.78 Å². The first kappa shape index (κ1) is 46.4. The fourth-order valence-corrected chi connectivity index (χ4v) is 8.86. The average molecular weight is 949 g/mol. The fraction of sp³-hybridized carbons (Fsp3) is 0.538. The first-order valence-electron chi connectivity index (χ1n) is 21.1. The molecule has 6 rings (SSSR count). The zero-order valence-corrected chi connectivity index (χ0v) is 40.4. The molecule has 5 heteroatoms. The van der Waals surface area contributed by atoms with E-state index in [1.807, 2.05) is 20.0 Å². The van der Waals surface area contributed by atoms with Crippen LogP contribution in [0.15, 0.2) is 71.0 Å². The van der Waals surface area contributed by atoms with Crippen LogP contribution < -0.4 is 0 Å². The molecule has 0 amide bonds. The average Bonchev–Trinajstić information content (AvgIpc) is 3.49. The van der Waals surface area contributed by atoms with Crippen LogP contribution in [-0.2, 0) is 41.1 Å². The van der Waals surface area contributed by atoms with E-state index in [4.69, 9.17) is 9.40 Å². The smallest absolute Gasteiger partial charge is 0.165 e. The Balaban J connectivity index is 0.000000285. The Morgan fingerprint density at radius 3 is 1.81 bits per heavy atom. The van der Waals surface area contributed by atoms with Crippen molar-refractivity contribution in [2.45, 2.75) is 147 Å². The predicted octanol–water partition coefficient (Wildman–Crippen LogP) is 14.9. The molecule has 5 aromatic rings. The normalized spacial score (nSPS) is 16.0. The van der Waals surface area contributed by atoms with E-state index in [1.54, 1.807) is 0 Å². The van der Waals surface area contributed by atoms with Crippen molar-refractivity contribution in [1.82, 2.24) is 4.98 Å². The van der Waals surface area contributed by atoms with Crippen LogP contribution in [0.25, 0.3) is 44.0 Å². The molecule has 0 saturated carbocycles. The van der Waals surface area contributed by atoms with E-state index in [9.17, 15) is 9.90 Å². The second-order valence-corrected chi connectivity index (χ2v) is 20.8. The third-order valence-corrected chi connectivity index (χ3v) is 14.3. The molecular weight excluding hydrogens is 879 g/mol. The number of rotatable bonds is 8. The van der Waals surface area contributed by atoms with Gasteiger partial charge in [0.2, 0.25) is 0 Å². The molecule has 57 heavy (non-hydrogen) atoms. The molecular formula is C52H70IrNO3-. The fourth-order valence-electron chi connectivity index (χ4n) is 8.86. The van der Waals surface area contributed by atoms with Gasteiger partial charge in [-0.05, 0) is 82.1 Å². The van der Waals surface area contributed by atoms with Gasteiger partial charge in [0.05, 0.1) is 0 Å². The molecule has 2 heterocycles. The van der Waals surface area contributed by atoms with Crippen LogP contribution in [-0.4, -0.2) is 15.9 Å². The van der Waals surface area contributed by atoms with E-state index in [0.717, 1.165) is 33.2 Å². The summed E-state index contributed by atoms with van der Waals surface area (Å²) < 4.78 is 6.62. The molecule has 1 N–H and O–H groups in total. The van der Waals surface area contributed by atoms with Crippen LogP contribution in [0.2, 0.25) is 0 Å². The molecule has 4 nitrogen and oxygen atoms in total. The minimum Gasteiger partial charge on any atom is -0.512 e. The summed E-state index contributed by atoms with van der Waals surface area (Å²) in [5.41, 5.74) is 7.33. The van der Waals surface area contributed by atoms with Crippen molar-refractivity contribution < 1.29 is 34.4 Å². The maximum atomic E-state index is 12.8. The molecule has 0 fully saturated rings. The Bertz CT molecular complexity index is 2260. The van der Waals surface area contributed by atoms with Gasteiger partial charge in [-0.25, -0.2) is 0 Å². The van der Waals surface area contributed by atoms with Crippen molar-refractivity contribution in [2.24, 2.45) is 34.5 Å². The van der Waals surface area contributed by atoms with E-state index < -0.39 is 5.41 Å². The number of pyridine rings is 1. The van der Waals surface area contributed by atoms with Gasteiger partial charge in [-0.2, -0.15) is 0 Å². The second-order valence-electron chi connectivity index (χ2n) is 20.8. The number of allylic oxidation sites excluding steroid dienone is 2. The van der Waals surface area contributed by atoms with Crippen LogP contribution >= 0.6 is 0 Å². The van der Waals surface area contributed by atoms with Crippen LogP contribution in [0.4, 0.5) is 0 Å². The quantitative estimate of drug-likeness (QED) is 0.0956. The molecule has 0 atom stereocenters. The molecule has 311 valence electrons. The number of nitrogens with zero attached hydrogens (tertiary/aromatic N) is 1. The second kappa shape index (κ2) is 16.4. The van der Waals surface area contributed by atoms with Gasteiger partial charge < -0.3 is 9.52 Å². The molecule has 3 aromatic carbocycles. The largest absolute Gasteiger partial charge is 0.512 e. The van der Waals surface area contributed by atoms with Crippen molar-refractivity contribution in [3.05, 3.63) is 89.3 Å². The van der Waals surface area contributed by atoms with Crippen molar-refractivity contribution in [3.63, 3.8) is 0 Å². The van der Waals surface area contributed by atoms with Gasteiger partial charge in [0.25, 0.3) is 0 Å². The Morgan fingerprint density at radius 1 is 0.754 bits per heavy atom. The van der Waals surface area contributed by atoms with E-state index in [0.29, 0.717) is 0 Å². The third kappa shape index (κ3) is 8.45. The van der Waals surface area contributed by atoms with E-state index in [2.05, 4.69) is 158 Å². The summed E-state index contributed by atoms with van der Waals surface area (Å²) >= 11 is 0. The van der Waals surface area contributed by atoms with Gasteiger partial charge in [-0.15, -0.1) is 29.1 Å². The van der Waals surface area contributed by atoms with E-state index in [-0.39, 0.29) is 77.0 Å². The minimum absolute atomic E-state index is 0. The topological polar surface area (TPSA) is 63.3 Å². The molecule has 0 saturated heterocycles. The number of fused-ring (bicyclic) bond motifs is 5. The van der Waals surface area contributed by atoms with E-state index in [1.165, 1.54) is 46.4 Å². The zero-order valence-electron chi connectivity index (χ0n) is 38.0. The molecule has 0 unspecified atom stereocenters. The van der Waals surface area contributed by atoms with Crippen LogP contribution in [0.3, 0.4) is 0 Å². The number of carbonyl (C=O) groups excluding carboxylic acids is 1. The van der Waals surface area contributed by atoms with Crippen LogP contribution in [0.5, 0.6) is 0 Å². The molecule has 1 aliphatic carbocycles. The first-order valence-corrected chi connectivity index (χ1v) is 21.1. The maximum Gasteiger partial charge on any atom is 0.165 e. The summed E-state index contributed by atoms with van der Waals surface area (Å²) in [5.74, 6) is 1.27. The summed E-state index contributed by atoms with van der Waals surface area (Å²) in [6.45, 7) is 37.0. The summed E-state index contributed by atoms with van der Waals surface area (Å²) in [4.78, 5) is 17.6. The summed E-state index contributed by atoms with van der Waals surface area (Å²) in [6, 6.07) is 21.2. The molecule has 0 spiro atoms. The monoisotopic (exact) mass is 949 g/mol. The summed E-state index contributed by atoms with van der Waals surface area (Å²) in [5, 5.41) is 15.3. The Morgan fingerprint density at radius 2 is 1.28 bits per heavy atom. The van der Waals surface area contributed by atoms with Gasteiger partial charge in [0.1, 0.15) is 16.9 Å². The van der Waals surface area contributed by atoms with Gasteiger partial charge in [-0.1, -0.05) is 147 Å². The molecule has 0 bridgehead atoms. The third-order valence-electron chi connectivity index (χ3n) is 14.3. The number of hydrogen-bond acceptors (Lipinski definition) is 4. The summed E-state index contributed by atoms with van der Waals surface area (Å²) in [6.07, 6.45) is 5.80. The maximum absolute atomic E-state index is 12.8. The number of aliphatic hydroxyl groups excluding tert-OH is 1. The number of furan rings is 1. The Kier molecular flexibility index (Phi) is 13.4. The standard InChI is InChI=1S/C33H34NO.C19H36O2.Ir/c1-31(2,3)25-17-21(16-20-10-8-9-11-22(20)25)29-30-23(12-15-34-29)24-18-26-27(19-28(24)35-30)33(6,7)14-13-32(26,4)5;1-12(2)18(9,13(3)4)16(20)11-17(21)19(10,14(5)6)15(7)8;/h8-12,15,17-19H,13-14H2,1-7H3;11-15,20H,1-10H3;/q-1;;/b;16-11-;. The van der Waals surface area contributed by atoms with Crippen molar-refractivity contribution in [2.75, 3.05) is 0 Å². The van der Waals surface area contributed by atoms with E-state index >= 15 is 0 Å². The number of benzene rings is 3. The first-order chi connectivity index (χ1) is 25.8. The number of aliphatic hydroxyl groups is 1. The number of carbonyl (C=O) groups is 1. The predicted molar refractivity (Wildman–Crippen MR) is 239 cm³/mol. The molecule has 0 aliphatic heterocycles. The van der Waals surface area contributed by atoms with Crippen molar-refractivity contribution >= 4 is 38.5 Å². The van der Waals surface area contributed by atoms with Crippen molar-refractivity contribution in [3.8, 4) is 11.3 Å². The molecule has 2 aromatic heterocycles. The Labute approximate surface area is 358 Å².